The summed E-state index contributed by atoms with van der Waals surface area (Å²) in [5, 5.41) is 7.82. The minimum absolute atomic E-state index is 0.536. The molecule has 3 rings (SSSR count). The zero-order valence-corrected chi connectivity index (χ0v) is 11.8. The summed E-state index contributed by atoms with van der Waals surface area (Å²) in [6.45, 7) is 3.60. The fourth-order valence-corrected chi connectivity index (χ4v) is 2.71. The molecule has 1 aliphatic heterocycles. The van der Waals surface area contributed by atoms with Gasteiger partial charge in [-0.25, -0.2) is 4.98 Å². The molecule has 108 valence electrons. The van der Waals surface area contributed by atoms with Gasteiger partial charge in [-0.2, -0.15) is 5.10 Å². The van der Waals surface area contributed by atoms with E-state index in [0.717, 1.165) is 25.3 Å². The van der Waals surface area contributed by atoms with E-state index in [2.05, 4.69) is 20.0 Å². The molecule has 3 heterocycles. The number of rotatable bonds is 5. The number of piperidine rings is 1. The molecule has 2 aromatic rings. The van der Waals surface area contributed by atoms with E-state index in [4.69, 9.17) is 4.74 Å². The predicted octanol–water partition coefficient (Wildman–Crippen LogP) is 1.18. The van der Waals surface area contributed by atoms with Gasteiger partial charge in [0.2, 0.25) is 0 Å². The standard InChI is InChI=1S/C14H21N5O/c1-20-6-5-18-10-13(8-17-18)19-11-16-9-14(19)12-3-2-4-15-7-12/h8-12,15H,2-7H2,1H3. The number of nitrogens with zero attached hydrogens (tertiary/aromatic N) is 4. The zero-order chi connectivity index (χ0) is 13.8. The van der Waals surface area contributed by atoms with Crippen molar-refractivity contribution in [3.05, 3.63) is 30.6 Å². The maximum absolute atomic E-state index is 5.08. The predicted molar refractivity (Wildman–Crippen MR) is 76.1 cm³/mol. The van der Waals surface area contributed by atoms with Crippen LogP contribution < -0.4 is 5.32 Å². The highest BCUT2D eigenvalue weighted by atomic mass is 16.5. The zero-order valence-electron chi connectivity index (χ0n) is 11.8. The lowest BCUT2D eigenvalue weighted by atomic mass is 9.96. The van der Waals surface area contributed by atoms with Gasteiger partial charge in [0, 0.05) is 37.7 Å². The number of hydrogen-bond acceptors (Lipinski definition) is 4. The van der Waals surface area contributed by atoms with Gasteiger partial charge < -0.3 is 10.1 Å². The largest absolute Gasteiger partial charge is 0.383 e. The Morgan fingerprint density at radius 2 is 2.40 bits per heavy atom. The first kappa shape index (κ1) is 13.3. The van der Waals surface area contributed by atoms with Crippen LogP contribution in [0.2, 0.25) is 0 Å². The van der Waals surface area contributed by atoms with Crippen molar-refractivity contribution in [2.45, 2.75) is 25.3 Å². The second-order valence-electron chi connectivity index (χ2n) is 5.19. The van der Waals surface area contributed by atoms with E-state index in [1.54, 1.807) is 7.11 Å². The fraction of sp³-hybridized carbons (Fsp3) is 0.571. The average molecular weight is 275 g/mol. The van der Waals surface area contributed by atoms with Crippen LogP contribution in [-0.2, 0) is 11.3 Å². The number of ether oxygens (including phenoxy) is 1. The van der Waals surface area contributed by atoms with Crippen molar-refractivity contribution in [2.24, 2.45) is 0 Å². The third-order valence-corrected chi connectivity index (χ3v) is 3.80. The minimum atomic E-state index is 0.536. The molecule has 1 saturated heterocycles. The van der Waals surface area contributed by atoms with E-state index in [1.165, 1.54) is 18.5 Å². The van der Waals surface area contributed by atoms with Crippen LogP contribution in [0.3, 0.4) is 0 Å². The van der Waals surface area contributed by atoms with Crippen LogP contribution in [0, 0.1) is 0 Å². The number of hydrogen-bond donors (Lipinski definition) is 1. The van der Waals surface area contributed by atoms with Gasteiger partial charge in [0.05, 0.1) is 31.4 Å². The molecule has 1 aliphatic rings. The number of methoxy groups -OCH3 is 1. The molecular formula is C14H21N5O. The molecule has 0 aromatic carbocycles. The van der Waals surface area contributed by atoms with Gasteiger partial charge in [-0.1, -0.05) is 0 Å². The highest BCUT2D eigenvalue weighted by molar-refractivity contribution is 5.30. The summed E-state index contributed by atoms with van der Waals surface area (Å²) in [6, 6.07) is 0. The van der Waals surface area contributed by atoms with Gasteiger partial charge in [0.25, 0.3) is 0 Å². The van der Waals surface area contributed by atoms with Gasteiger partial charge in [0.1, 0.15) is 0 Å². The second-order valence-corrected chi connectivity index (χ2v) is 5.19. The van der Waals surface area contributed by atoms with Gasteiger partial charge >= 0.3 is 0 Å². The summed E-state index contributed by atoms with van der Waals surface area (Å²) >= 11 is 0. The smallest absolute Gasteiger partial charge is 0.0995 e. The fourth-order valence-electron chi connectivity index (χ4n) is 2.71. The molecule has 6 heteroatoms. The van der Waals surface area contributed by atoms with Crippen molar-refractivity contribution in [1.29, 1.82) is 0 Å². The molecule has 20 heavy (non-hydrogen) atoms. The van der Waals surface area contributed by atoms with Crippen molar-refractivity contribution >= 4 is 0 Å². The van der Waals surface area contributed by atoms with E-state index in [0.29, 0.717) is 12.5 Å². The summed E-state index contributed by atoms with van der Waals surface area (Å²) in [4.78, 5) is 4.32. The first-order valence-electron chi connectivity index (χ1n) is 7.13. The Hall–Kier alpha value is -1.66. The quantitative estimate of drug-likeness (QED) is 0.890. The van der Waals surface area contributed by atoms with E-state index >= 15 is 0 Å². The molecule has 0 saturated carbocycles. The first-order chi connectivity index (χ1) is 9.88. The van der Waals surface area contributed by atoms with Gasteiger partial charge in [-0.3, -0.25) is 9.25 Å². The van der Waals surface area contributed by atoms with Crippen LogP contribution in [0.1, 0.15) is 24.5 Å². The molecule has 1 fully saturated rings. The van der Waals surface area contributed by atoms with Crippen LogP contribution in [0.5, 0.6) is 0 Å². The van der Waals surface area contributed by atoms with Crippen LogP contribution in [0.15, 0.2) is 24.9 Å². The maximum Gasteiger partial charge on any atom is 0.0995 e. The highest BCUT2D eigenvalue weighted by Crippen LogP contribution is 2.25. The molecule has 1 unspecified atom stereocenters. The van der Waals surface area contributed by atoms with Gasteiger partial charge in [0.15, 0.2) is 0 Å². The lowest BCUT2D eigenvalue weighted by molar-refractivity contribution is 0.183. The summed E-state index contributed by atoms with van der Waals surface area (Å²) in [6.07, 6.45) is 10.2. The molecule has 0 bridgehead atoms. The van der Waals surface area contributed by atoms with E-state index in [9.17, 15) is 0 Å². The van der Waals surface area contributed by atoms with Crippen LogP contribution in [-0.4, -0.2) is 46.1 Å². The topological polar surface area (TPSA) is 56.9 Å². The summed E-state index contributed by atoms with van der Waals surface area (Å²) < 4.78 is 9.13. The van der Waals surface area contributed by atoms with Crippen LogP contribution >= 0.6 is 0 Å². The lowest BCUT2D eigenvalue weighted by Crippen LogP contribution is -2.29. The van der Waals surface area contributed by atoms with Crippen molar-refractivity contribution in [3.8, 4) is 5.69 Å². The molecule has 1 atom stereocenters. The molecule has 6 nitrogen and oxygen atoms in total. The molecule has 0 aliphatic carbocycles. The molecular weight excluding hydrogens is 254 g/mol. The average Bonchev–Trinajstić information content (AvgIpc) is 3.14. The molecule has 0 amide bonds. The summed E-state index contributed by atoms with van der Waals surface area (Å²) in [5.41, 5.74) is 2.34. The summed E-state index contributed by atoms with van der Waals surface area (Å²) in [7, 11) is 1.70. The third-order valence-electron chi connectivity index (χ3n) is 3.80. The maximum atomic E-state index is 5.08. The number of aromatic nitrogens is 4. The lowest BCUT2D eigenvalue weighted by Gasteiger charge is -2.23. The van der Waals surface area contributed by atoms with E-state index in [-0.39, 0.29) is 0 Å². The first-order valence-corrected chi connectivity index (χ1v) is 7.13. The van der Waals surface area contributed by atoms with Gasteiger partial charge in [-0.05, 0) is 19.4 Å². The Morgan fingerprint density at radius 1 is 1.45 bits per heavy atom. The van der Waals surface area contributed by atoms with Crippen molar-refractivity contribution in [1.82, 2.24) is 24.6 Å². The molecule has 1 N–H and O–H groups in total. The SMILES string of the molecule is COCCn1cc(-n2cncc2C2CCCNC2)cn1. The van der Waals surface area contributed by atoms with Crippen molar-refractivity contribution in [3.63, 3.8) is 0 Å². The van der Waals surface area contributed by atoms with Crippen LogP contribution in [0.25, 0.3) is 5.69 Å². The Kier molecular flexibility index (Phi) is 4.13. The molecule has 0 radical (unpaired) electrons. The molecule has 2 aromatic heterocycles. The van der Waals surface area contributed by atoms with E-state index < -0.39 is 0 Å². The monoisotopic (exact) mass is 275 g/mol. The Balaban J connectivity index is 1.79. The Morgan fingerprint density at radius 3 is 3.20 bits per heavy atom. The minimum Gasteiger partial charge on any atom is -0.383 e. The Bertz CT molecular complexity index is 541. The number of imidazole rings is 1. The Labute approximate surface area is 118 Å². The summed E-state index contributed by atoms with van der Waals surface area (Å²) in [5.74, 6) is 0.536. The van der Waals surface area contributed by atoms with Crippen LogP contribution in [0.4, 0.5) is 0 Å². The highest BCUT2D eigenvalue weighted by Gasteiger charge is 2.19. The normalized spacial score (nSPS) is 19.4. The van der Waals surface area contributed by atoms with Crippen molar-refractivity contribution in [2.75, 3.05) is 26.8 Å². The second kappa shape index (κ2) is 6.19. The van der Waals surface area contributed by atoms with E-state index in [1.807, 2.05) is 29.6 Å². The van der Waals surface area contributed by atoms with Crippen molar-refractivity contribution < 1.29 is 4.74 Å². The van der Waals surface area contributed by atoms with Gasteiger partial charge in [-0.15, -0.1) is 0 Å². The third kappa shape index (κ3) is 2.76. The molecule has 0 spiro atoms. The number of nitrogens with one attached hydrogen (secondary N) is 1.